The van der Waals surface area contributed by atoms with Gasteiger partial charge in [-0.15, -0.1) is 0 Å². The zero-order valence-corrected chi connectivity index (χ0v) is 10.1. The molecule has 0 unspecified atom stereocenters. The molecule has 1 aromatic heterocycles. The fourth-order valence-corrected chi connectivity index (χ4v) is 2.61. The monoisotopic (exact) mass is 280 g/mol. The summed E-state index contributed by atoms with van der Waals surface area (Å²) in [7, 11) is 0. The summed E-state index contributed by atoms with van der Waals surface area (Å²) in [5.74, 6) is -0.266. The van der Waals surface area contributed by atoms with Gasteiger partial charge in [0.1, 0.15) is 5.52 Å². The Hall–Kier alpha value is -1.00. The quantitative estimate of drug-likeness (QED) is 0.803. The van der Waals surface area contributed by atoms with Crippen molar-refractivity contribution in [3.8, 4) is 0 Å². The van der Waals surface area contributed by atoms with Crippen LogP contribution in [0.3, 0.4) is 0 Å². The number of hydrogen-bond acceptors (Lipinski definition) is 2. The molecule has 0 aliphatic carbocycles. The van der Waals surface area contributed by atoms with Crippen molar-refractivity contribution in [2.24, 2.45) is 0 Å². The van der Waals surface area contributed by atoms with Crippen LogP contribution in [0.25, 0.3) is 10.9 Å². The van der Waals surface area contributed by atoms with Crippen LogP contribution >= 0.6 is 15.9 Å². The van der Waals surface area contributed by atoms with Gasteiger partial charge in [-0.3, -0.25) is 4.98 Å². The number of nitrogens with zero attached hydrogens (tertiary/aromatic N) is 1. The van der Waals surface area contributed by atoms with Crippen LogP contribution in [0.15, 0.2) is 22.8 Å². The maximum Gasteiger partial charge on any atom is 0.150 e. The zero-order chi connectivity index (χ0) is 11.1. The Balaban J connectivity index is 2.38. The minimum Gasteiger partial charge on any atom is -0.312 e. The van der Waals surface area contributed by atoms with Gasteiger partial charge in [0, 0.05) is 22.6 Å². The van der Waals surface area contributed by atoms with E-state index in [-0.39, 0.29) is 5.82 Å². The summed E-state index contributed by atoms with van der Waals surface area (Å²) in [6.07, 6.45) is 2.77. The lowest BCUT2D eigenvalue weighted by Crippen LogP contribution is -2.24. The Morgan fingerprint density at radius 1 is 1.38 bits per heavy atom. The molecular weight excluding hydrogens is 271 g/mol. The molecule has 2 aromatic rings. The molecule has 0 fully saturated rings. The predicted octanol–water partition coefficient (Wildman–Crippen LogP) is 2.78. The molecule has 0 spiro atoms. The van der Waals surface area contributed by atoms with E-state index in [0.717, 1.165) is 29.4 Å². The van der Waals surface area contributed by atoms with E-state index in [9.17, 15) is 4.39 Å². The minimum absolute atomic E-state index is 0.266. The van der Waals surface area contributed by atoms with E-state index >= 15 is 0 Å². The van der Waals surface area contributed by atoms with E-state index in [4.69, 9.17) is 0 Å². The molecule has 16 heavy (non-hydrogen) atoms. The minimum atomic E-state index is -0.266. The third kappa shape index (κ3) is 1.53. The number of benzene rings is 1. The van der Waals surface area contributed by atoms with Gasteiger partial charge in [-0.2, -0.15) is 0 Å². The predicted molar refractivity (Wildman–Crippen MR) is 64.8 cm³/mol. The second-order valence-electron chi connectivity index (χ2n) is 3.97. The average molecular weight is 281 g/mol. The van der Waals surface area contributed by atoms with Crippen LogP contribution in [0.4, 0.5) is 4.39 Å². The van der Waals surface area contributed by atoms with Crippen molar-refractivity contribution in [1.29, 1.82) is 0 Å². The summed E-state index contributed by atoms with van der Waals surface area (Å²) in [5.41, 5.74) is 2.87. The molecule has 0 atom stereocenters. The molecular formula is C12H10BrFN2. The summed E-state index contributed by atoms with van der Waals surface area (Å²) in [6, 6.07) is 3.40. The molecule has 82 valence electrons. The van der Waals surface area contributed by atoms with Gasteiger partial charge >= 0.3 is 0 Å². The van der Waals surface area contributed by atoms with Crippen LogP contribution < -0.4 is 5.32 Å². The van der Waals surface area contributed by atoms with Crippen molar-refractivity contribution >= 4 is 26.8 Å². The smallest absolute Gasteiger partial charge is 0.150 e. The second-order valence-corrected chi connectivity index (χ2v) is 4.89. The first-order chi connectivity index (χ1) is 7.75. The summed E-state index contributed by atoms with van der Waals surface area (Å²) in [5, 5.41) is 4.22. The van der Waals surface area contributed by atoms with E-state index in [1.165, 1.54) is 17.2 Å². The summed E-state index contributed by atoms with van der Waals surface area (Å²) in [6.45, 7) is 1.76. The Morgan fingerprint density at radius 2 is 2.25 bits per heavy atom. The molecule has 0 amide bonds. The molecule has 1 aliphatic rings. The zero-order valence-electron chi connectivity index (χ0n) is 8.56. The number of aromatic nitrogens is 1. The van der Waals surface area contributed by atoms with Crippen molar-refractivity contribution in [1.82, 2.24) is 10.3 Å². The van der Waals surface area contributed by atoms with Crippen LogP contribution in [0, 0.1) is 5.82 Å². The topological polar surface area (TPSA) is 24.9 Å². The van der Waals surface area contributed by atoms with Gasteiger partial charge in [0.2, 0.25) is 0 Å². The van der Waals surface area contributed by atoms with Gasteiger partial charge in [-0.05, 0) is 36.2 Å². The average Bonchev–Trinajstić information content (AvgIpc) is 2.28. The lowest BCUT2D eigenvalue weighted by molar-refractivity contribution is 0.630. The molecule has 0 saturated carbocycles. The lowest BCUT2D eigenvalue weighted by Gasteiger charge is -2.18. The van der Waals surface area contributed by atoms with Gasteiger partial charge < -0.3 is 5.32 Å². The van der Waals surface area contributed by atoms with Crippen LogP contribution in [-0.4, -0.2) is 11.5 Å². The molecule has 4 heteroatoms. The molecule has 2 heterocycles. The molecule has 1 aromatic carbocycles. The van der Waals surface area contributed by atoms with Crippen LogP contribution in [0.5, 0.6) is 0 Å². The highest BCUT2D eigenvalue weighted by Crippen LogP contribution is 2.27. The first kappa shape index (κ1) is 10.2. The first-order valence-electron chi connectivity index (χ1n) is 5.22. The highest BCUT2D eigenvalue weighted by molar-refractivity contribution is 9.10. The second kappa shape index (κ2) is 3.79. The number of pyridine rings is 1. The molecule has 0 radical (unpaired) electrons. The normalized spacial score (nSPS) is 15.1. The third-order valence-electron chi connectivity index (χ3n) is 2.96. The summed E-state index contributed by atoms with van der Waals surface area (Å²) in [4.78, 5) is 4.21. The van der Waals surface area contributed by atoms with E-state index in [0.29, 0.717) is 5.52 Å². The van der Waals surface area contributed by atoms with E-state index in [2.05, 4.69) is 26.2 Å². The van der Waals surface area contributed by atoms with E-state index in [1.54, 1.807) is 6.20 Å². The maximum atomic E-state index is 13.7. The maximum absolute atomic E-state index is 13.7. The van der Waals surface area contributed by atoms with Crippen molar-refractivity contribution in [2.45, 2.75) is 13.0 Å². The van der Waals surface area contributed by atoms with Crippen molar-refractivity contribution in [3.05, 3.63) is 39.7 Å². The first-order valence-corrected chi connectivity index (χ1v) is 6.01. The van der Waals surface area contributed by atoms with Gasteiger partial charge in [0.25, 0.3) is 0 Å². The Labute approximate surface area is 101 Å². The molecule has 2 nitrogen and oxygen atoms in total. The SMILES string of the molecule is Fc1cc(Br)cc2c3c(cnc12)CCNC3. The number of halogens is 2. The fourth-order valence-electron chi connectivity index (χ4n) is 2.18. The van der Waals surface area contributed by atoms with Crippen molar-refractivity contribution in [2.75, 3.05) is 6.54 Å². The lowest BCUT2D eigenvalue weighted by atomic mass is 9.98. The standard InChI is InChI=1S/C12H10BrFN2/c13-8-3-9-10-6-15-2-1-7(10)5-16-12(9)11(14)4-8/h3-5,15H,1-2,6H2. The van der Waals surface area contributed by atoms with E-state index < -0.39 is 0 Å². The molecule has 1 N–H and O–H groups in total. The van der Waals surface area contributed by atoms with E-state index in [1.807, 2.05) is 6.07 Å². The Bertz CT molecular complexity index is 568. The third-order valence-corrected chi connectivity index (χ3v) is 3.42. The highest BCUT2D eigenvalue weighted by atomic mass is 79.9. The molecule has 0 saturated heterocycles. The summed E-state index contributed by atoms with van der Waals surface area (Å²) < 4.78 is 14.5. The van der Waals surface area contributed by atoms with Crippen LogP contribution in [0.2, 0.25) is 0 Å². The van der Waals surface area contributed by atoms with Crippen molar-refractivity contribution in [3.63, 3.8) is 0 Å². The summed E-state index contributed by atoms with van der Waals surface area (Å²) >= 11 is 3.32. The number of nitrogens with one attached hydrogen (secondary N) is 1. The Kier molecular flexibility index (Phi) is 2.41. The van der Waals surface area contributed by atoms with Crippen molar-refractivity contribution < 1.29 is 4.39 Å². The highest BCUT2D eigenvalue weighted by Gasteiger charge is 2.15. The number of rotatable bonds is 0. The molecule has 1 aliphatic heterocycles. The largest absolute Gasteiger partial charge is 0.312 e. The van der Waals surface area contributed by atoms with Gasteiger partial charge in [0.15, 0.2) is 5.82 Å². The molecule has 3 rings (SSSR count). The van der Waals surface area contributed by atoms with Gasteiger partial charge in [0.05, 0.1) is 0 Å². The number of fused-ring (bicyclic) bond motifs is 3. The van der Waals surface area contributed by atoms with Crippen LogP contribution in [-0.2, 0) is 13.0 Å². The number of hydrogen-bond donors (Lipinski definition) is 1. The fraction of sp³-hybridized carbons (Fsp3) is 0.250. The Morgan fingerprint density at radius 3 is 3.12 bits per heavy atom. The molecule has 0 bridgehead atoms. The van der Waals surface area contributed by atoms with Gasteiger partial charge in [-0.25, -0.2) is 4.39 Å². The van der Waals surface area contributed by atoms with Crippen LogP contribution in [0.1, 0.15) is 11.1 Å². The van der Waals surface area contributed by atoms with Gasteiger partial charge in [-0.1, -0.05) is 15.9 Å².